The number of amides is 1. The summed E-state index contributed by atoms with van der Waals surface area (Å²) in [6.07, 6.45) is 5.28. The van der Waals surface area contributed by atoms with Crippen molar-refractivity contribution in [2.75, 3.05) is 7.11 Å². The molecule has 7 heteroatoms. The first-order valence-electron chi connectivity index (χ1n) is 9.06. The Balaban J connectivity index is 1.55. The molecule has 1 atom stereocenters. The fourth-order valence-electron chi connectivity index (χ4n) is 3.09. The number of fused-ring (bicyclic) bond motifs is 1. The predicted molar refractivity (Wildman–Crippen MR) is 108 cm³/mol. The van der Waals surface area contributed by atoms with Crippen LogP contribution < -0.4 is 15.7 Å². The second kappa shape index (κ2) is 7.63. The van der Waals surface area contributed by atoms with Crippen LogP contribution >= 0.6 is 0 Å². The van der Waals surface area contributed by atoms with E-state index in [-0.39, 0.29) is 11.6 Å². The Morgan fingerprint density at radius 2 is 1.97 bits per heavy atom. The zero-order valence-electron chi connectivity index (χ0n) is 16.0. The van der Waals surface area contributed by atoms with Gasteiger partial charge in [-0.05, 0) is 48.9 Å². The Hall–Kier alpha value is -3.87. The highest BCUT2D eigenvalue weighted by atomic mass is 16.5. The van der Waals surface area contributed by atoms with Gasteiger partial charge in [0, 0.05) is 23.5 Å². The number of carbonyl (C=O) groups is 1. The maximum Gasteiger partial charge on any atom is 0.349 e. The number of ether oxygens (including phenoxy) is 1. The molecule has 2 aromatic carbocycles. The zero-order chi connectivity index (χ0) is 20.4. The summed E-state index contributed by atoms with van der Waals surface area (Å²) in [5.41, 5.74) is 1.55. The molecular formula is C22H19N3O4. The third kappa shape index (κ3) is 3.75. The quantitative estimate of drug-likeness (QED) is 0.528. The highest BCUT2D eigenvalue weighted by Gasteiger charge is 2.17. The summed E-state index contributed by atoms with van der Waals surface area (Å²) in [6.45, 7) is 1.86. The summed E-state index contributed by atoms with van der Waals surface area (Å²) in [5.74, 6) is 0.124. The van der Waals surface area contributed by atoms with Crippen molar-refractivity contribution in [1.82, 2.24) is 14.9 Å². The van der Waals surface area contributed by atoms with Crippen LogP contribution in [-0.4, -0.2) is 22.6 Å². The van der Waals surface area contributed by atoms with E-state index in [1.165, 1.54) is 6.07 Å². The van der Waals surface area contributed by atoms with Crippen molar-refractivity contribution in [2.24, 2.45) is 0 Å². The Morgan fingerprint density at radius 3 is 2.66 bits per heavy atom. The summed E-state index contributed by atoms with van der Waals surface area (Å²) >= 11 is 0. The van der Waals surface area contributed by atoms with Crippen molar-refractivity contribution in [3.05, 3.63) is 88.8 Å². The number of aromatic nitrogens is 2. The molecule has 4 aromatic rings. The zero-order valence-corrected chi connectivity index (χ0v) is 16.0. The second-order valence-electron chi connectivity index (χ2n) is 6.61. The van der Waals surface area contributed by atoms with Crippen molar-refractivity contribution in [2.45, 2.75) is 13.0 Å². The topological polar surface area (TPSA) is 86.4 Å². The van der Waals surface area contributed by atoms with E-state index in [2.05, 4.69) is 10.3 Å². The molecule has 7 nitrogen and oxygen atoms in total. The minimum atomic E-state index is -0.678. The van der Waals surface area contributed by atoms with E-state index >= 15 is 0 Å². The van der Waals surface area contributed by atoms with Crippen molar-refractivity contribution in [3.63, 3.8) is 0 Å². The number of benzene rings is 2. The summed E-state index contributed by atoms with van der Waals surface area (Å²) in [5, 5.41) is 3.47. The molecule has 0 aliphatic heterocycles. The molecule has 1 unspecified atom stereocenters. The first-order valence-corrected chi connectivity index (χ1v) is 9.06. The largest absolute Gasteiger partial charge is 0.497 e. The SMILES string of the molecule is COc1ccc2oc(=O)c(C(=O)NC(C)c3ccc(-n4ccnc4)cc3)cc2c1. The molecule has 1 amide bonds. The van der Waals surface area contributed by atoms with Gasteiger partial charge in [0.05, 0.1) is 19.5 Å². The molecule has 0 aliphatic carbocycles. The third-order valence-electron chi connectivity index (χ3n) is 4.73. The van der Waals surface area contributed by atoms with Crippen LogP contribution in [0.2, 0.25) is 0 Å². The number of rotatable bonds is 5. The lowest BCUT2D eigenvalue weighted by molar-refractivity contribution is 0.0936. The number of hydrogen-bond donors (Lipinski definition) is 1. The lowest BCUT2D eigenvalue weighted by Gasteiger charge is -2.15. The molecule has 0 saturated heterocycles. The van der Waals surface area contributed by atoms with Crippen LogP contribution in [0.25, 0.3) is 16.7 Å². The molecule has 2 heterocycles. The van der Waals surface area contributed by atoms with Crippen LogP contribution in [0.3, 0.4) is 0 Å². The van der Waals surface area contributed by atoms with Gasteiger partial charge in [-0.1, -0.05) is 12.1 Å². The van der Waals surface area contributed by atoms with Crippen LogP contribution in [0.5, 0.6) is 5.75 Å². The van der Waals surface area contributed by atoms with Gasteiger partial charge < -0.3 is 19.0 Å². The van der Waals surface area contributed by atoms with E-state index < -0.39 is 11.5 Å². The van der Waals surface area contributed by atoms with Gasteiger partial charge in [0.15, 0.2) is 0 Å². The molecule has 0 saturated carbocycles. The molecule has 1 N–H and O–H groups in total. The Kier molecular flexibility index (Phi) is 4.87. The van der Waals surface area contributed by atoms with Gasteiger partial charge >= 0.3 is 5.63 Å². The molecule has 146 valence electrons. The van der Waals surface area contributed by atoms with E-state index in [1.807, 2.05) is 42.0 Å². The molecule has 4 rings (SSSR count). The average Bonchev–Trinajstić information content (AvgIpc) is 3.28. The Morgan fingerprint density at radius 1 is 1.17 bits per heavy atom. The lowest BCUT2D eigenvalue weighted by Crippen LogP contribution is -2.30. The molecule has 0 aliphatic rings. The Bertz CT molecular complexity index is 1210. The van der Waals surface area contributed by atoms with E-state index in [0.29, 0.717) is 16.7 Å². The van der Waals surface area contributed by atoms with Gasteiger partial charge in [-0.2, -0.15) is 0 Å². The van der Waals surface area contributed by atoms with Crippen LogP contribution in [0.4, 0.5) is 0 Å². The normalized spacial score (nSPS) is 11.9. The highest BCUT2D eigenvalue weighted by Crippen LogP contribution is 2.21. The van der Waals surface area contributed by atoms with Gasteiger partial charge in [0.1, 0.15) is 16.9 Å². The van der Waals surface area contributed by atoms with Gasteiger partial charge in [-0.25, -0.2) is 9.78 Å². The molecule has 2 aromatic heterocycles. The molecule has 0 fully saturated rings. The average molecular weight is 389 g/mol. The summed E-state index contributed by atoms with van der Waals surface area (Å²) in [4.78, 5) is 29.0. The van der Waals surface area contributed by atoms with Gasteiger partial charge in [-0.15, -0.1) is 0 Å². The third-order valence-corrected chi connectivity index (χ3v) is 4.73. The maximum absolute atomic E-state index is 12.7. The number of hydrogen-bond acceptors (Lipinski definition) is 5. The van der Waals surface area contributed by atoms with Crippen molar-refractivity contribution < 1.29 is 13.9 Å². The van der Waals surface area contributed by atoms with E-state index in [1.54, 1.807) is 37.8 Å². The lowest BCUT2D eigenvalue weighted by atomic mass is 10.1. The van der Waals surface area contributed by atoms with Crippen LogP contribution in [0.1, 0.15) is 28.9 Å². The second-order valence-corrected chi connectivity index (χ2v) is 6.61. The number of nitrogens with zero attached hydrogens (tertiary/aromatic N) is 2. The molecular weight excluding hydrogens is 370 g/mol. The van der Waals surface area contributed by atoms with Crippen LogP contribution in [0, 0.1) is 0 Å². The van der Waals surface area contributed by atoms with E-state index in [0.717, 1.165) is 11.3 Å². The minimum absolute atomic E-state index is 0.0485. The summed E-state index contributed by atoms with van der Waals surface area (Å²) < 4.78 is 12.4. The summed E-state index contributed by atoms with van der Waals surface area (Å²) in [6, 6.07) is 14.0. The fraction of sp³-hybridized carbons (Fsp3) is 0.136. The van der Waals surface area contributed by atoms with Crippen molar-refractivity contribution in [3.8, 4) is 11.4 Å². The van der Waals surface area contributed by atoms with Gasteiger partial charge in [0.2, 0.25) is 0 Å². The fourth-order valence-corrected chi connectivity index (χ4v) is 3.09. The smallest absolute Gasteiger partial charge is 0.349 e. The molecule has 29 heavy (non-hydrogen) atoms. The van der Waals surface area contributed by atoms with E-state index in [9.17, 15) is 9.59 Å². The Labute approximate surface area is 166 Å². The van der Waals surface area contributed by atoms with Gasteiger partial charge in [-0.3, -0.25) is 4.79 Å². The predicted octanol–water partition coefficient (Wildman–Crippen LogP) is 3.48. The number of carbonyl (C=O) groups excluding carboxylic acids is 1. The highest BCUT2D eigenvalue weighted by molar-refractivity contribution is 5.97. The maximum atomic E-state index is 12.7. The molecule has 0 spiro atoms. The minimum Gasteiger partial charge on any atom is -0.497 e. The van der Waals surface area contributed by atoms with Crippen molar-refractivity contribution in [1.29, 1.82) is 0 Å². The number of methoxy groups -OCH3 is 1. The standard InChI is InChI=1S/C22H19N3O4/c1-14(15-3-5-17(6-4-15)25-10-9-23-13-25)24-21(26)19-12-16-11-18(28-2)7-8-20(16)29-22(19)27/h3-14H,1-2H3,(H,24,26). The monoisotopic (exact) mass is 389 g/mol. The number of imidazole rings is 1. The first kappa shape index (κ1) is 18.5. The number of nitrogens with one attached hydrogen (secondary N) is 1. The van der Waals surface area contributed by atoms with Crippen molar-refractivity contribution >= 4 is 16.9 Å². The van der Waals surface area contributed by atoms with Gasteiger partial charge in [0.25, 0.3) is 5.91 Å². The van der Waals surface area contributed by atoms with Crippen LogP contribution in [-0.2, 0) is 0 Å². The first-order chi connectivity index (χ1) is 14.0. The summed E-state index contributed by atoms with van der Waals surface area (Å²) in [7, 11) is 1.55. The molecule has 0 bridgehead atoms. The molecule has 0 radical (unpaired) electrons. The van der Waals surface area contributed by atoms with E-state index in [4.69, 9.17) is 9.15 Å². The van der Waals surface area contributed by atoms with Crippen LogP contribution in [0.15, 0.2) is 76.5 Å².